The number of aromatic nitrogens is 2. The number of benzene rings is 1. The summed E-state index contributed by atoms with van der Waals surface area (Å²) in [7, 11) is 5.84. The number of hydrogen-bond acceptors (Lipinski definition) is 6. The van der Waals surface area contributed by atoms with Gasteiger partial charge >= 0.3 is 0 Å². The van der Waals surface area contributed by atoms with Gasteiger partial charge < -0.3 is 15.0 Å². The summed E-state index contributed by atoms with van der Waals surface area (Å²) < 4.78 is 5.23. The van der Waals surface area contributed by atoms with E-state index in [0.717, 1.165) is 28.3 Å². The molecule has 1 atom stereocenters. The van der Waals surface area contributed by atoms with Gasteiger partial charge in [0.2, 0.25) is 0 Å². The largest absolute Gasteiger partial charge is 0.497 e. The van der Waals surface area contributed by atoms with E-state index in [-0.39, 0.29) is 6.04 Å². The maximum absolute atomic E-state index is 5.23. The monoisotopic (exact) mass is 328 g/mol. The Bertz CT molecular complexity index is 770. The average Bonchev–Trinajstić information content (AvgIpc) is 3.04. The molecule has 0 amide bonds. The number of fused-ring (bicyclic) bond motifs is 1. The molecule has 0 aliphatic carbocycles. The topological polar surface area (TPSA) is 50.3 Å². The van der Waals surface area contributed by atoms with Crippen LogP contribution in [-0.4, -0.2) is 42.6 Å². The molecule has 0 saturated heterocycles. The van der Waals surface area contributed by atoms with E-state index < -0.39 is 0 Å². The first kappa shape index (κ1) is 15.7. The molecule has 0 spiro atoms. The molecule has 6 heteroatoms. The van der Waals surface area contributed by atoms with Crippen molar-refractivity contribution in [3.63, 3.8) is 0 Å². The Morgan fingerprint density at radius 2 is 1.96 bits per heavy atom. The Morgan fingerprint density at radius 1 is 1.17 bits per heavy atom. The van der Waals surface area contributed by atoms with Crippen molar-refractivity contribution in [1.29, 1.82) is 0 Å². The number of methoxy groups -OCH3 is 1. The standard InChI is InChI=1S/C17H20N4OS/c1-21(2)15(12-4-6-13(22-3)7-5-12)10-18-16-14-8-9-23-17(14)20-11-19-16/h4-9,11,15H,10H2,1-3H3,(H,18,19,20). The van der Waals surface area contributed by atoms with Crippen molar-refractivity contribution < 1.29 is 4.74 Å². The third-order valence-corrected chi connectivity index (χ3v) is 4.67. The predicted molar refractivity (Wildman–Crippen MR) is 95.3 cm³/mol. The SMILES string of the molecule is COc1ccc(C(CNc2ncnc3sccc23)N(C)C)cc1. The molecule has 2 heterocycles. The lowest BCUT2D eigenvalue weighted by atomic mass is 10.1. The number of rotatable bonds is 6. The van der Waals surface area contributed by atoms with E-state index in [1.807, 2.05) is 17.5 Å². The molecule has 0 radical (unpaired) electrons. The van der Waals surface area contributed by atoms with Gasteiger partial charge in [-0.1, -0.05) is 12.1 Å². The van der Waals surface area contributed by atoms with Crippen molar-refractivity contribution in [3.05, 3.63) is 47.6 Å². The van der Waals surface area contributed by atoms with Crippen molar-refractivity contribution in [2.24, 2.45) is 0 Å². The van der Waals surface area contributed by atoms with Crippen LogP contribution in [0.15, 0.2) is 42.0 Å². The van der Waals surface area contributed by atoms with Crippen molar-refractivity contribution in [3.8, 4) is 5.75 Å². The molecule has 1 aromatic carbocycles. The molecule has 120 valence electrons. The summed E-state index contributed by atoms with van der Waals surface area (Å²) in [5.74, 6) is 1.76. The van der Waals surface area contributed by atoms with Crippen LogP contribution >= 0.6 is 11.3 Å². The summed E-state index contributed by atoms with van der Waals surface area (Å²) in [4.78, 5) is 11.9. The molecule has 5 nitrogen and oxygen atoms in total. The fourth-order valence-electron chi connectivity index (χ4n) is 2.55. The maximum atomic E-state index is 5.23. The highest BCUT2D eigenvalue weighted by Gasteiger charge is 2.15. The second kappa shape index (κ2) is 6.93. The Kier molecular flexibility index (Phi) is 4.73. The minimum absolute atomic E-state index is 0.240. The van der Waals surface area contributed by atoms with Crippen LogP contribution in [0.25, 0.3) is 10.2 Å². The van der Waals surface area contributed by atoms with Crippen molar-refractivity contribution in [2.45, 2.75) is 6.04 Å². The first-order chi connectivity index (χ1) is 11.2. The molecule has 0 aliphatic rings. The molecule has 3 aromatic rings. The zero-order valence-electron chi connectivity index (χ0n) is 13.5. The molecule has 1 N–H and O–H groups in total. The van der Waals surface area contributed by atoms with Crippen LogP contribution in [0.4, 0.5) is 5.82 Å². The lowest BCUT2D eigenvalue weighted by Gasteiger charge is -2.25. The summed E-state index contributed by atoms with van der Waals surface area (Å²) in [6.45, 7) is 0.765. The van der Waals surface area contributed by atoms with Gasteiger partial charge in [0.25, 0.3) is 0 Å². The van der Waals surface area contributed by atoms with E-state index in [9.17, 15) is 0 Å². The molecule has 3 rings (SSSR count). The molecular formula is C17H20N4OS. The molecule has 0 bridgehead atoms. The van der Waals surface area contributed by atoms with Crippen LogP contribution in [0.2, 0.25) is 0 Å². The lowest BCUT2D eigenvalue weighted by molar-refractivity contribution is 0.311. The zero-order chi connectivity index (χ0) is 16.2. The second-order valence-electron chi connectivity index (χ2n) is 5.50. The third kappa shape index (κ3) is 3.43. The number of hydrogen-bond donors (Lipinski definition) is 1. The molecule has 2 aromatic heterocycles. The van der Waals surface area contributed by atoms with Gasteiger partial charge in [-0.3, -0.25) is 0 Å². The minimum Gasteiger partial charge on any atom is -0.497 e. The molecule has 0 fully saturated rings. The van der Waals surface area contributed by atoms with E-state index in [1.165, 1.54) is 5.56 Å². The smallest absolute Gasteiger partial charge is 0.138 e. The lowest BCUT2D eigenvalue weighted by Crippen LogP contribution is -2.27. The Hall–Kier alpha value is -2.18. The highest BCUT2D eigenvalue weighted by Crippen LogP contribution is 2.26. The van der Waals surface area contributed by atoms with Crippen LogP contribution in [-0.2, 0) is 0 Å². The molecule has 0 saturated carbocycles. The number of anilines is 1. The quantitative estimate of drug-likeness (QED) is 0.751. The summed E-state index contributed by atoms with van der Waals surface area (Å²) >= 11 is 1.63. The number of nitrogens with one attached hydrogen (secondary N) is 1. The van der Waals surface area contributed by atoms with Gasteiger partial charge in [0, 0.05) is 6.54 Å². The normalized spacial score (nSPS) is 12.5. The van der Waals surface area contributed by atoms with Crippen LogP contribution in [0, 0.1) is 0 Å². The second-order valence-corrected chi connectivity index (χ2v) is 6.39. The van der Waals surface area contributed by atoms with Gasteiger partial charge in [0.05, 0.1) is 18.5 Å². The first-order valence-corrected chi connectivity index (χ1v) is 8.29. The predicted octanol–water partition coefficient (Wildman–Crippen LogP) is 3.41. The van der Waals surface area contributed by atoms with Gasteiger partial charge in [-0.2, -0.15) is 0 Å². The first-order valence-electron chi connectivity index (χ1n) is 7.41. The van der Waals surface area contributed by atoms with Crippen LogP contribution < -0.4 is 10.1 Å². The average molecular weight is 328 g/mol. The molecule has 0 aliphatic heterocycles. The Balaban J connectivity index is 1.78. The van der Waals surface area contributed by atoms with E-state index in [4.69, 9.17) is 4.74 Å². The van der Waals surface area contributed by atoms with E-state index in [0.29, 0.717) is 0 Å². The Morgan fingerprint density at radius 3 is 2.65 bits per heavy atom. The highest BCUT2D eigenvalue weighted by molar-refractivity contribution is 7.16. The van der Waals surface area contributed by atoms with Crippen LogP contribution in [0.5, 0.6) is 5.75 Å². The van der Waals surface area contributed by atoms with Crippen molar-refractivity contribution in [1.82, 2.24) is 14.9 Å². The number of likely N-dealkylation sites (N-methyl/N-ethyl adjacent to an activating group) is 1. The highest BCUT2D eigenvalue weighted by atomic mass is 32.1. The fraction of sp³-hybridized carbons (Fsp3) is 0.294. The van der Waals surface area contributed by atoms with Crippen LogP contribution in [0.1, 0.15) is 11.6 Å². The molecule has 23 heavy (non-hydrogen) atoms. The summed E-state index contributed by atoms with van der Waals surface area (Å²) in [5.41, 5.74) is 1.24. The maximum Gasteiger partial charge on any atom is 0.138 e. The molecule has 1 unspecified atom stereocenters. The number of thiophene rings is 1. The Labute approximate surface area is 139 Å². The van der Waals surface area contributed by atoms with Gasteiger partial charge in [0.15, 0.2) is 0 Å². The number of ether oxygens (including phenoxy) is 1. The van der Waals surface area contributed by atoms with Crippen molar-refractivity contribution in [2.75, 3.05) is 33.1 Å². The summed E-state index contributed by atoms with van der Waals surface area (Å²) in [6, 6.07) is 10.5. The van der Waals surface area contributed by atoms with Crippen molar-refractivity contribution >= 4 is 27.4 Å². The summed E-state index contributed by atoms with van der Waals surface area (Å²) in [5, 5.41) is 6.58. The minimum atomic E-state index is 0.240. The van der Waals surface area contributed by atoms with E-state index in [1.54, 1.807) is 24.8 Å². The van der Waals surface area contributed by atoms with Gasteiger partial charge in [-0.15, -0.1) is 11.3 Å². The van der Waals surface area contributed by atoms with Gasteiger partial charge in [-0.25, -0.2) is 9.97 Å². The van der Waals surface area contributed by atoms with E-state index in [2.05, 4.69) is 52.5 Å². The summed E-state index contributed by atoms with van der Waals surface area (Å²) in [6.07, 6.45) is 1.61. The van der Waals surface area contributed by atoms with E-state index >= 15 is 0 Å². The molecular weight excluding hydrogens is 308 g/mol. The zero-order valence-corrected chi connectivity index (χ0v) is 14.3. The fourth-order valence-corrected chi connectivity index (χ4v) is 3.28. The third-order valence-electron chi connectivity index (χ3n) is 3.85. The van der Waals surface area contributed by atoms with Gasteiger partial charge in [0.1, 0.15) is 22.7 Å². The number of nitrogens with zero attached hydrogens (tertiary/aromatic N) is 3. The van der Waals surface area contributed by atoms with Crippen LogP contribution in [0.3, 0.4) is 0 Å². The van der Waals surface area contributed by atoms with Gasteiger partial charge in [-0.05, 0) is 43.2 Å².